The Balaban J connectivity index is 0.000000124. The van der Waals surface area contributed by atoms with Crippen LogP contribution in [0.1, 0.15) is 82.3 Å². The van der Waals surface area contributed by atoms with E-state index in [9.17, 15) is 52.4 Å². The molecular formula is C97H87Cl2FN16O12S5. The van der Waals surface area contributed by atoms with Crippen LogP contribution in [0.2, 0.25) is 10.0 Å². The molecule has 4 aliphatic rings. The number of rotatable bonds is 13. The van der Waals surface area contributed by atoms with Crippen LogP contribution in [0.3, 0.4) is 0 Å². The Kier molecular flexibility index (Phi) is 25.0. The highest BCUT2D eigenvalue weighted by atomic mass is 35.5. The molecule has 0 amide bonds. The zero-order valence-electron chi connectivity index (χ0n) is 73.5. The molecule has 28 nitrogen and oxygen atoms in total. The van der Waals surface area contributed by atoms with Gasteiger partial charge in [0.15, 0.2) is 23.3 Å². The molecule has 36 heteroatoms. The summed E-state index contributed by atoms with van der Waals surface area (Å²) in [4.78, 5) is 57.7. The summed E-state index contributed by atoms with van der Waals surface area (Å²) in [6.07, 6.45) is 7.65. The lowest BCUT2D eigenvalue weighted by Gasteiger charge is -2.23. The summed E-state index contributed by atoms with van der Waals surface area (Å²) in [5.41, 5.74) is 18.1. The van der Waals surface area contributed by atoms with Crippen LogP contribution < -0.4 is 28.3 Å². The van der Waals surface area contributed by atoms with E-state index in [4.69, 9.17) is 38.1 Å². The van der Waals surface area contributed by atoms with E-state index in [1.165, 1.54) is 69.6 Å². The Morgan fingerprint density at radius 3 is 1.21 bits per heavy atom. The SMILES string of the molecule is COC(=O)c1sccc1-n1[nH]c2c(c1=O)CCN(S(=O)(=O)c1ccc(C)cc1)c1ncccc1-2.Cc1ccc(S(=O)(=O)N2CCc3c([nH]n(-c4cc(C)cc(F)c4)c3=O)-c3cccnc32)cc1.Cc1ccc(S(=O)(=O)N2CCc3c(nn(-c4ccc(C)c(Cl)c4)c3C)-c3cccnc32)cc1.Cc1ccc(S(=O)(=O)N2CCc3c(nn(-c4ccc(Cl)cc4C)c3C)-c3cccnc32)cc1. The highest BCUT2D eigenvalue weighted by Gasteiger charge is 2.40. The van der Waals surface area contributed by atoms with Gasteiger partial charge in [-0.1, -0.05) is 100 Å². The van der Waals surface area contributed by atoms with Gasteiger partial charge in [0.25, 0.3) is 51.2 Å². The molecule has 20 rings (SSSR count). The first kappa shape index (κ1) is 91.2. The van der Waals surface area contributed by atoms with Crippen LogP contribution in [0.25, 0.3) is 67.8 Å². The maximum atomic E-state index is 14.0. The fraction of sp³-hybridized carbons (Fsp3) is 0.186. The van der Waals surface area contributed by atoms with Gasteiger partial charge in [0.2, 0.25) is 0 Å². The number of halogens is 3. The van der Waals surface area contributed by atoms with Gasteiger partial charge in [0.05, 0.1) is 60.8 Å². The molecule has 0 saturated carbocycles. The van der Waals surface area contributed by atoms with Crippen LogP contribution in [0.4, 0.5) is 27.7 Å². The lowest BCUT2D eigenvalue weighted by atomic mass is 10.1. The van der Waals surface area contributed by atoms with Gasteiger partial charge in [0.1, 0.15) is 22.1 Å². The summed E-state index contributed by atoms with van der Waals surface area (Å²) in [5.74, 6) is 0.269. The number of ether oxygens (including phenoxy) is 1. The first-order valence-electron chi connectivity index (χ1n) is 42.1. The minimum Gasteiger partial charge on any atom is -0.465 e. The summed E-state index contributed by atoms with van der Waals surface area (Å²) in [5, 5.41) is 19.0. The monoisotopic (exact) mass is 1920 g/mol. The average molecular weight is 1920 g/mol. The number of hydrogen-bond donors (Lipinski definition) is 2. The number of pyridine rings is 4. The molecule has 0 bridgehead atoms. The molecule has 0 atom stereocenters. The van der Waals surface area contributed by atoms with Crippen molar-refractivity contribution in [3.63, 3.8) is 0 Å². The number of carbonyl (C=O) groups is 1. The van der Waals surface area contributed by atoms with Crippen molar-refractivity contribution in [1.29, 1.82) is 0 Å². The summed E-state index contributed by atoms with van der Waals surface area (Å²) in [7, 11) is -14.1. The molecule has 9 aromatic heterocycles. The third kappa shape index (κ3) is 17.3. The number of methoxy groups -OCH3 is 1. The number of aryl methyl sites for hydroxylation is 7. The van der Waals surface area contributed by atoms with Gasteiger partial charge in [-0.15, -0.1) is 11.3 Å². The maximum absolute atomic E-state index is 14.0. The van der Waals surface area contributed by atoms with E-state index in [1.807, 2.05) is 138 Å². The average Bonchev–Trinajstić information content (AvgIpc) is 1.62. The second kappa shape index (κ2) is 36.4. The summed E-state index contributed by atoms with van der Waals surface area (Å²) < 4.78 is 139. The number of benzene rings is 7. The molecule has 16 aromatic rings. The molecule has 0 unspecified atom stereocenters. The number of aromatic nitrogens is 12. The molecule has 0 saturated heterocycles. The molecule has 4 aliphatic heterocycles. The van der Waals surface area contributed by atoms with Crippen LogP contribution in [0.15, 0.2) is 266 Å². The van der Waals surface area contributed by atoms with E-state index in [-0.39, 0.29) is 86.2 Å². The van der Waals surface area contributed by atoms with E-state index >= 15 is 0 Å². The third-order valence-electron chi connectivity index (χ3n) is 23.6. The molecule has 0 spiro atoms. The van der Waals surface area contributed by atoms with Crippen LogP contribution in [0.5, 0.6) is 0 Å². The zero-order chi connectivity index (χ0) is 94.0. The van der Waals surface area contributed by atoms with Crippen molar-refractivity contribution in [3.05, 3.63) is 350 Å². The molecule has 0 fully saturated rings. The minimum absolute atomic E-state index is 0.0355. The number of thiophene rings is 1. The van der Waals surface area contributed by atoms with E-state index in [0.29, 0.717) is 96.2 Å². The van der Waals surface area contributed by atoms with E-state index < -0.39 is 51.9 Å². The quantitative estimate of drug-likeness (QED) is 0.101. The van der Waals surface area contributed by atoms with Crippen LogP contribution in [-0.4, -0.2) is 132 Å². The number of hydrogen-bond acceptors (Lipinski definition) is 19. The fourth-order valence-corrected chi connectivity index (χ4v) is 23.6. The number of carbonyl (C=O) groups excluding carboxylic acids is 1. The first-order valence-corrected chi connectivity index (χ1v) is 49.5. The first-order chi connectivity index (χ1) is 63.6. The Bertz CT molecular complexity index is 7900. The molecule has 678 valence electrons. The van der Waals surface area contributed by atoms with Crippen molar-refractivity contribution in [2.75, 3.05) is 50.5 Å². The molecule has 0 radical (unpaired) electrons. The van der Waals surface area contributed by atoms with Crippen molar-refractivity contribution in [3.8, 4) is 67.8 Å². The minimum atomic E-state index is -3.91. The number of nitrogens with one attached hydrogen (secondary N) is 2. The van der Waals surface area contributed by atoms with E-state index in [1.54, 1.807) is 146 Å². The molecular weight excluding hydrogens is 1830 g/mol. The predicted molar refractivity (Wildman–Crippen MR) is 513 cm³/mol. The van der Waals surface area contributed by atoms with Crippen LogP contribution in [0, 0.1) is 68.1 Å². The molecule has 13 heterocycles. The summed E-state index contributed by atoms with van der Waals surface area (Å²) >= 11 is 13.7. The number of fused-ring (bicyclic) bond motifs is 12. The molecule has 2 N–H and O–H groups in total. The standard InChI is InChI=1S/2C25H23ClN4O2S.C24H21FN4O3S.C23H20N4O5S2/c1-16-6-10-20(11-7-16)33(31,32)29-14-12-21-18(3)30(19-9-8-17(2)23(26)15-19)28-24(21)22-5-4-13-27-25(22)29;1-16-6-9-20(10-7-16)33(31,32)29-14-12-21-18(3)30(23-11-8-19(26)15-17(23)2)28-24(21)22-5-4-13-27-25(22)29;1-15-5-7-19(8-6-15)33(31,32)28-11-9-21-22(20-4-3-10-26-23(20)28)27-29(24(21)30)18-13-16(2)12-17(25)14-18;1-14-5-7-15(8-6-14)34(30,31)26-12-9-17-19(16-4-3-11-24-21(16)26)25-27(22(17)28)18-10-13-33-20(18)23(29)32-2/h2*4-11,13,15H,12,14H2,1-3H3;3-8,10,12-14,27H,9,11H2,1-2H3;3-8,10-11,13,25H,9,12H2,1-2H3. The van der Waals surface area contributed by atoms with Gasteiger partial charge in [-0.3, -0.25) is 19.8 Å². The highest BCUT2D eigenvalue weighted by molar-refractivity contribution is 7.93. The maximum Gasteiger partial charge on any atom is 0.350 e. The molecule has 7 aromatic carbocycles. The number of sulfonamides is 4. The topological polar surface area (TPSA) is 339 Å². The van der Waals surface area contributed by atoms with Gasteiger partial charge in [-0.25, -0.2) is 98.7 Å². The largest absolute Gasteiger partial charge is 0.465 e. The van der Waals surface area contributed by atoms with Crippen LogP contribution >= 0.6 is 34.5 Å². The normalized spacial score (nSPS) is 13.3. The second-order valence-corrected chi connectivity index (χ2v) is 41.6. The predicted octanol–water partition coefficient (Wildman–Crippen LogP) is 17.4. The van der Waals surface area contributed by atoms with E-state index in [2.05, 4.69) is 30.1 Å². The van der Waals surface area contributed by atoms with Crippen molar-refractivity contribution in [2.24, 2.45) is 0 Å². The fourth-order valence-electron chi connectivity index (χ4n) is 16.6. The summed E-state index contributed by atoms with van der Waals surface area (Å²) in [6.45, 7) is 18.0. The molecule has 0 aliphatic carbocycles. The van der Waals surface area contributed by atoms with Crippen molar-refractivity contribution in [2.45, 2.75) is 108 Å². The highest BCUT2D eigenvalue weighted by Crippen LogP contribution is 2.44. The smallest absolute Gasteiger partial charge is 0.350 e. The van der Waals surface area contributed by atoms with Crippen molar-refractivity contribution in [1.82, 2.24) is 59.1 Å². The Hall–Kier alpha value is -13.7. The number of anilines is 4. The van der Waals surface area contributed by atoms with Gasteiger partial charge in [-0.05, 0) is 262 Å². The number of H-pyrrole nitrogens is 2. The Morgan fingerprint density at radius 2 is 0.797 bits per heavy atom. The number of esters is 1. The van der Waals surface area contributed by atoms with Crippen LogP contribution in [-0.2, 0) is 70.5 Å². The Labute approximate surface area is 781 Å². The van der Waals surface area contributed by atoms with E-state index in [0.717, 1.165) is 78.7 Å². The van der Waals surface area contributed by atoms with Crippen molar-refractivity contribution < 1.29 is 47.6 Å². The summed E-state index contributed by atoms with van der Waals surface area (Å²) in [6, 6.07) is 58.8. The lowest BCUT2D eigenvalue weighted by Crippen LogP contribution is -2.34. The lowest BCUT2D eigenvalue weighted by molar-refractivity contribution is 0.0606. The molecule has 133 heavy (non-hydrogen) atoms. The zero-order valence-corrected chi connectivity index (χ0v) is 79.1. The van der Waals surface area contributed by atoms with Gasteiger partial charge >= 0.3 is 5.97 Å². The second-order valence-electron chi connectivity index (χ2n) is 32.4. The Morgan fingerprint density at radius 1 is 0.406 bits per heavy atom. The van der Waals surface area contributed by atoms with Gasteiger partial charge in [0, 0.05) is 117 Å². The van der Waals surface area contributed by atoms with Gasteiger partial charge < -0.3 is 4.74 Å². The number of aromatic amines is 2. The van der Waals surface area contributed by atoms with Crippen molar-refractivity contribution >= 4 is 104 Å². The third-order valence-corrected chi connectivity index (χ3v) is 32.4. The number of nitrogens with zero attached hydrogens (tertiary/aromatic N) is 14. The van der Waals surface area contributed by atoms with Gasteiger partial charge in [-0.2, -0.15) is 10.2 Å².